The van der Waals surface area contributed by atoms with Crippen molar-refractivity contribution >= 4 is 5.69 Å². The van der Waals surface area contributed by atoms with E-state index >= 15 is 0 Å². The number of rotatable bonds is 3. The first kappa shape index (κ1) is 12.3. The summed E-state index contributed by atoms with van der Waals surface area (Å²) < 4.78 is 0. The monoisotopic (exact) mass is 243 g/mol. The number of phenols is 2. The molecule has 0 fully saturated rings. The van der Waals surface area contributed by atoms with Crippen LogP contribution in [0, 0.1) is 6.92 Å². The molecule has 0 saturated carbocycles. The van der Waals surface area contributed by atoms with Crippen LogP contribution in [0.25, 0.3) is 0 Å². The third-order valence-corrected chi connectivity index (χ3v) is 2.98. The molecule has 2 aromatic rings. The number of benzene rings is 2. The van der Waals surface area contributed by atoms with Gasteiger partial charge in [-0.25, -0.2) is 0 Å². The van der Waals surface area contributed by atoms with Crippen LogP contribution >= 0.6 is 0 Å². The lowest BCUT2D eigenvalue weighted by Gasteiger charge is -2.17. The van der Waals surface area contributed by atoms with Crippen molar-refractivity contribution in [2.45, 2.75) is 19.9 Å². The van der Waals surface area contributed by atoms with Gasteiger partial charge in [0.25, 0.3) is 0 Å². The number of hydrogen-bond donors (Lipinski definition) is 3. The minimum Gasteiger partial charge on any atom is -0.508 e. The summed E-state index contributed by atoms with van der Waals surface area (Å²) in [6, 6.07) is 12.5. The lowest BCUT2D eigenvalue weighted by molar-refractivity contribution is 0.474. The van der Waals surface area contributed by atoms with Crippen molar-refractivity contribution in [1.29, 1.82) is 0 Å². The molecular formula is C15H17NO2. The number of phenolic OH excluding ortho intramolecular Hbond substituents is 2. The summed E-state index contributed by atoms with van der Waals surface area (Å²) in [7, 11) is 0. The second-order valence-corrected chi connectivity index (χ2v) is 4.46. The number of nitrogens with one attached hydrogen (secondary N) is 1. The molecule has 1 atom stereocenters. The standard InChI is InChI=1S/C15H17NO2/c1-10-9-14(18)7-8-15(10)16-11(2)12-3-5-13(17)6-4-12/h3-9,11,16-18H,1-2H3. The van der Waals surface area contributed by atoms with Crippen molar-refractivity contribution in [3.8, 4) is 11.5 Å². The van der Waals surface area contributed by atoms with Gasteiger partial charge in [0.1, 0.15) is 11.5 Å². The fraction of sp³-hybridized carbons (Fsp3) is 0.200. The zero-order valence-electron chi connectivity index (χ0n) is 10.5. The molecule has 94 valence electrons. The fourth-order valence-corrected chi connectivity index (χ4v) is 1.89. The Morgan fingerprint density at radius 1 is 0.944 bits per heavy atom. The Morgan fingerprint density at radius 2 is 1.56 bits per heavy atom. The summed E-state index contributed by atoms with van der Waals surface area (Å²) in [5, 5.41) is 22.0. The SMILES string of the molecule is Cc1cc(O)ccc1NC(C)c1ccc(O)cc1. The summed E-state index contributed by atoms with van der Waals surface area (Å²) >= 11 is 0. The average molecular weight is 243 g/mol. The van der Waals surface area contributed by atoms with E-state index in [9.17, 15) is 10.2 Å². The van der Waals surface area contributed by atoms with Gasteiger partial charge in [0.05, 0.1) is 0 Å². The zero-order chi connectivity index (χ0) is 13.1. The molecule has 0 aliphatic carbocycles. The minimum absolute atomic E-state index is 0.133. The van der Waals surface area contributed by atoms with Crippen LogP contribution in [0.2, 0.25) is 0 Å². The maximum Gasteiger partial charge on any atom is 0.115 e. The van der Waals surface area contributed by atoms with Gasteiger partial charge >= 0.3 is 0 Å². The van der Waals surface area contributed by atoms with Crippen LogP contribution in [0.5, 0.6) is 11.5 Å². The predicted octanol–water partition coefficient (Wildman–Crippen LogP) is 3.58. The van der Waals surface area contributed by atoms with Crippen LogP contribution in [0.1, 0.15) is 24.1 Å². The molecule has 2 rings (SSSR count). The first-order valence-electron chi connectivity index (χ1n) is 5.91. The molecular weight excluding hydrogens is 226 g/mol. The van der Waals surface area contributed by atoms with Crippen LogP contribution in [0.3, 0.4) is 0 Å². The van der Waals surface area contributed by atoms with E-state index in [0.29, 0.717) is 0 Å². The second-order valence-electron chi connectivity index (χ2n) is 4.46. The molecule has 0 radical (unpaired) electrons. The van der Waals surface area contributed by atoms with Gasteiger partial charge < -0.3 is 15.5 Å². The van der Waals surface area contributed by atoms with Crippen molar-refractivity contribution in [1.82, 2.24) is 0 Å². The Labute approximate surface area is 107 Å². The second kappa shape index (κ2) is 5.00. The molecule has 1 unspecified atom stereocenters. The maximum absolute atomic E-state index is 9.36. The Morgan fingerprint density at radius 3 is 2.17 bits per heavy atom. The summed E-state index contributed by atoms with van der Waals surface area (Å²) in [5.74, 6) is 0.544. The quantitative estimate of drug-likeness (QED) is 0.722. The number of hydrogen-bond acceptors (Lipinski definition) is 3. The lowest BCUT2D eigenvalue weighted by Crippen LogP contribution is -2.07. The van der Waals surface area contributed by atoms with Gasteiger partial charge in [0, 0.05) is 11.7 Å². The van der Waals surface area contributed by atoms with Crippen LogP contribution in [0.15, 0.2) is 42.5 Å². The van der Waals surface area contributed by atoms with Gasteiger partial charge in [-0.05, 0) is 55.3 Å². The summed E-state index contributed by atoms with van der Waals surface area (Å²) in [4.78, 5) is 0. The highest BCUT2D eigenvalue weighted by molar-refractivity contribution is 5.54. The number of aromatic hydroxyl groups is 2. The zero-order valence-corrected chi connectivity index (χ0v) is 10.5. The minimum atomic E-state index is 0.133. The van der Waals surface area contributed by atoms with E-state index in [0.717, 1.165) is 16.8 Å². The van der Waals surface area contributed by atoms with Crippen molar-refractivity contribution in [2.24, 2.45) is 0 Å². The number of anilines is 1. The van der Waals surface area contributed by atoms with E-state index in [4.69, 9.17) is 0 Å². The third-order valence-electron chi connectivity index (χ3n) is 2.98. The Hall–Kier alpha value is -2.16. The van der Waals surface area contributed by atoms with Crippen molar-refractivity contribution < 1.29 is 10.2 Å². The first-order valence-corrected chi connectivity index (χ1v) is 5.91. The Bertz CT molecular complexity index is 535. The molecule has 0 amide bonds. The van der Waals surface area contributed by atoms with E-state index in [-0.39, 0.29) is 17.5 Å². The van der Waals surface area contributed by atoms with E-state index in [2.05, 4.69) is 12.2 Å². The summed E-state index contributed by atoms with van der Waals surface area (Å²) in [6.45, 7) is 4.00. The van der Waals surface area contributed by atoms with E-state index in [1.165, 1.54) is 0 Å². The van der Waals surface area contributed by atoms with Crippen molar-refractivity contribution in [3.63, 3.8) is 0 Å². The van der Waals surface area contributed by atoms with E-state index in [1.54, 1.807) is 24.3 Å². The molecule has 0 saturated heterocycles. The van der Waals surface area contributed by atoms with Crippen LogP contribution in [0.4, 0.5) is 5.69 Å². The third kappa shape index (κ3) is 2.74. The van der Waals surface area contributed by atoms with E-state index in [1.807, 2.05) is 25.1 Å². The molecule has 3 heteroatoms. The molecule has 0 heterocycles. The molecule has 18 heavy (non-hydrogen) atoms. The van der Waals surface area contributed by atoms with Crippen LogP contribution < -0.4 is 5.32 Å². The van der Waals surface area contributed by atoms with Gasteiger partial charge in [-0.1, -0.05) is 12.1 Å². The van der Waals surface area contributed by atoms with Gasteiger partial charge in [-0.3, -0.25) is 0 Å². The van der Waals surface area contributed by atoms with Crippen molar-refractivity contribution in [3.05, 3.63) is 53.6 Å². The predicted molar refractivity (Wildman–Crippen MR) is 73.0 cm³/mol. The Kier molecular flexibility index (Phi) is 3.42. The van der Waals surface area contributed by atoms with Crippen molar-refractivity contribution in [2.75, 3.05) is 5.32 Å². The lowest BCUT2D eigenvalue weighted by atomic mass is 10.1. The van der Waals surface area contributed by atoms with Gasteiger partial charge in [0.15, 0.2) is 0 Å². The molecule has 3 N–H and O–H groups in total. The van der Waals surface area contributed by atoms with E-state index < -0.39 is 0 Å². The van der Waals surface area contributed by atoms with Gasteiger partial charge in [-0.2, -0.15) is 0 Å². The number of aryl methyl sites for hydroxylation is 1. The maximum atomic E-state index is 9.36. The highest BCUT2D eigenvalue weighted by Crippen LogP contribution is 2.25. The smallest absolute Gasteiger partial charge is 0.115 e. The van der Waals surface area contributed by atoms with Gasteiger partial charge in [-0.15, -0.1) is 0 Å². The molecule has 0 bridgehead atoms. The van der Waals surface area contributed by atoms with Crippen LogP contribution in [-0.2, 0) is 0 Å². The first-order chi connectivity index (χ1) is 8.56. The normalized spacial score (nSPS) is 12.1. The molecule has 0 aliphatic rings. The van der Waals surface area contributed by atoms with Crippen LogP contribution in [-0.4, -0.2) is 10.2 Å². The average Bonchev–Trinajstić information content (AvgIpc) is 2.33. The Balaban J connectivity index is 2.15. The summed E-state index contributed by atoms with van der Waals surface area (Å²) in [5.41, 5.74) is 3.09. The molecule has 0 aliphatic heterocycles. The fourth-order valence-electron chi connectivity index (χ4n) is 1.89. The largest absolute Gasteiger partial charge is 0.508 e. The molecule has 2 aromatic carbocycles. The molecule has 0 aromatic heterocycles. The highest BCUT2D eigenvalue weighted by atomic mass is 16.3. The topological polar surface area (TPSA) is 52.5 Å². The molecule has 3 nitrogen and oxygen atoms in total. The highest BCUT2D eigenvalue weighted by Gasteiger charge is 2.07. The van der Waals surface area contributed by atoms with Gasteiger partial charge in [0.2, 0.25) is 0 Å². The molecule has 0 spiro atoms. The summed E-state index contributed by atoms with van der Waals surface area (Å²) in [6.07, 6.45) is 0.